The highest BCUT2D eigenvalue weighted by Gasteiger charge is 2.32. The molecule has 1 aliphatic rings. The van der Waals surface area contributed by atoms with E-state index in [1.165, 1.54) is 11.0 Å². The lowest BCUT2D eigenvalue weighted by Gasteiger charge is -2.37. The summed E-state index contributed by atoms with van der Waals surface area (Å²) >= 11 is 9.67. The summed E-state index contributed by atoms with van der Waals surface area (Å²) in [5.74, 6) is 0.222. The van der Waals surface area contributed by atoms with Crippen LogP contribution in [0.3, 0.4) is 0 Å². The number of hydrogen-bond donors (Lipinski definition) is 1. The van der Waals surface area contributed by atoms with Crippen molar-refractivity contribution in [3.8, 4) is 16.9 Å². The summed E-state index contributed by atoms with van der Waals surface area (Å²) in [5, 5.41) is 4.35. The number of nitrogens with one attached hydrogen (secondary N) is 1. The summed E-state index contributed by atoms with van der Waals surface area (Å²) in [7, 11) is 3.65. The van der Waals surface area contributed by atoms with E-state index in [0.29, 0.717) is 32.6 Å². The van der Waals surface area contributed by atoms with E-state index in [1.54, 1.807) is 24.9 Å². The van der Waals surface area contributed by atoms with Crippen LogP contribution in [-0.4, -0.2) is 43.3 Å². The maximum atomic E-state index is 14.8. The van der Waals surface area contributed by atoms with Gasteiger partial charge in [-0.05, 0) is 92.9 Å². The van der Waals surface area contributed by atoms with Gasteiger partial charge in [-0.15, -0.1) is 23.1 Å². The Hall–Kier alpha value is -2.58. The van der Waals surface area contributed by atoms with Gasteiger partial charge in [0, 0.05) is 34.5 Å². The van der Waals surface area contributed by atoms with Crippen molar-refractivity contribution in [2.45, 2.75) is 56.1 Å². The van der Waals surface area contributed by atoms with E-state index in [0.717, 1.165) is 65.0 Å². The molecule has 1 aromatic heterocycles. The number of hydrogen-bond acceptors (Lipinski definition) is 5. The molecular weight excluding hydrogens is 563 g/mol. The van der Waals surface area contributed by atoms with Crippen LogP contribution in [0, 0.1) is 12.7 Å². The van der Waals surface area contributed by atoms with E-state index in [2.05, 4.69) is 48.0 Å². The molecule has 5 rings (SSSR count). The second kappa shape index (κ2) is 12.5. The SMILES string of the molecule is CNC1CCC(N(Cc2cc(-c3cccc(SC)c3)ccc2OC)C(=O)c2sc3c(F)ccc(C)c3c2Cl)CC1. The Labute approximate surface area is 248 Å². The van der Waals surface area contributed by atoms with Crippen molar-refractivity contribution in [3.63, 3.8) is 0 Å². The largest absolute Gasteiger partial charge is 0.496 e. The minimum absolute atomic E-state index is 0.0394. The summed E-state index contributed by atoms with van der Waals surface area (Å²) < 4.78 is 21.0. The zero-order valence-corrected chi connectivity index (χ0v) is 25.6. The number of carbonyl (C=O) groups is 1. The number of fused-ring (bicyclic) bond motifs is 1. The fraction of sp³-hybridized carbons (Fsp3) is 0.344. The molecule has 1 fully saturated rings. The molecule has 0 unspecified atom stereocenters. The summed E-state index contributed by atoms with van der Waals surface area (Å²) in [6.07, 6.45) is 5.79. The molecule has 1 saturated carbocycles. The van der Waals surface area contributed by atoms with Crippen molar-refractivity contribution >= 4 is 50.7 Å². The number of rotatable bonds is 8. The molecule has 4 aromatic rings. The van der Waals surface area contributed by atoms with Gasteiger partial charge in [0.25, 0.3) is 5.91 Å². The molecule has 1 N–H and O–H groups in total. The van der Waals surface area contributed by atoms with Crippen LogP contribution in [0.4, 0.5) is 4.39 Å². The van der Waals surface area contributed by atoms with Gasteiger partial charge >= 0.3 is 0 Å². The van der Waals surface area contributed by atoms with Crippen LogP contribution in [0.5, 0.6) is 5.75 Å². The minimum Gasteiger partial charge on any atom is -0.496 e. The first kappa shape index (κ1) is 28.9. The molecule has 0 radical (unpaired) electrons. The van der Waals surface area contributed by atoms with Gasteiger partial charge in [0.05, 0.1) is 16.8 Å². The number of carbonyl (C=O) groups excluding carboxylic acids is 1. The number of thiophene rings is 1. The van der Waals surface area contributed by atoms with E-state index in [-0.39, 0.29) is 17.8 Å². The second-order valence-electron chi connectivity index (χ2n) is 10.3. The number of benzene rings is 3. The molecule has 0 spiro atoms. The molecule has 210 valence electrons. The molecule has 1 amide bonds. The lowest BCUT2D eigenvalue weighted by molar-refractivity contribution is 0.0604. The van der Waals surface area contributed by atoms with Crippen molar-refractivity contribution in [2.75, 3.05) is 20.4 Å². The first-order valence-corrected chi connectivity index (χ1v) is 15.9. The lowest BCUT2D eigenvalue weighted by Crippen LogP contribution is -2.44. The lowest BCUT2D eigenvalue weighted by atomic mass is 9.89. The number of nitrogens with zero attached hydrogens (tertiary/aromatic N) is 1. The highest BCUT2D eigenvalue weighted by molar-refractivity contribution is 7.98. The average molecular weight is 597 g/mol. The first-order valence-electron chi connectivity index (χ1n) is 13.5. The second-order valence-corrected chi connectivity index (χ2v) is 12.6. The highest BCUT2D eigenvalue weighted by atomic mass is 35.5. The zero-order chi connectivity index (χ0) is 28.4. The van der Waals surface area contributed by atoms with Gasteiger partial charge in [0.1, 0.15) is 16.4 Å². The van der Waals surface area contributed by atoms with Gasteiger partial charge in [-0.25, -0.2) is 4.39 Å². The highest BCUT2D eigenvalue weighted by Crippen LogP contribution is 2.41. The number of amides is 1. The third-order valence-electron chi connectivity index (χ3n) is 7.97. The van der Waals surface area contributed by atoms with Gasteiger partial charge in [0.15, 0.2) is 0 Å². The molecular formula is C32H34ClFN2O2S2. The van der Waals surface area contributed by atoms with Crippen molar-refractivity contribution in [3.05, 3.63) is 81.4 Å². The maximum absolute atomic E-state index is 14.8. The van der Waals surface area contributed by atoms with E-state index < -0.39 is 0 Å². The molecule has 8 heteroatoms. The summed E-state index contributed by atoms with van der Waals surface area (Å²) in [5.41, 5.74) is 3.97. The predicted octanol–water partition coefficient (Wildman–Crippen LogP) is 8.57. The van der Waals surface area contributed by atoms with Crippen LogP contribution in [0.2, 0.25) is 5.02 Å². The third-order valence-corrected chi connectivity index (χ3v) is 10.4. The number of aryl methyl sites for hydroxylation is 1. The summed E-state index contributed by atoms with van der Waals surface area (Å²) in [4.78, 5) is 17.8. The average Bonchev–Trinajstić information content (AvgIpc) is 3.35. The van der Waals surface area contributed by atoms with Gasteiger partial charge in [-0.2, -0.15) is 0 Å². The third kappa shape index (κ3) is 5.75. The van der Waals surface area contributed by atoms with Gasteiger partial charge in [-0.3, -0.25) is 4.79 Å². The van der Waals surface area contributed by atoms with E-state index >= 15 is 0 Å². The van der Waals surface area contributed by atoms with Gasteiger partial charge in [-0.1, -0.05) is 35.9 Å². The number of halogens is 2. The van der Waals surface area contributed by atoms with E-state index in [1.807, 2.05) is 24.9 Å². The quantitative estimate of drug-likeness (QED) is 0.207. The van der Waals surface area contributed by atoms with Gasteiger partial charge < -0.3 is 15.0 Å². The number of thioether (sulfide) groups is 1. The Kier molecular flexibility index (Phi) is 9.05. The molecule has 3 aromatic carbocycles. The van der Waals surface area contributed by atoms with Crippen LogP contribution in [0.25, 0.3) is 21.2 Å². The molecule has 1 heterocycles. The fourth-order valence-corrected chi connectivity index (χ4v) is 7.75. The summed E-state index contributed by atoms with van der Waals surface area (Å²) in [6, 6.07) is 18.2. The van der Waals surface area contributed by atoms with Crippen molar-refractivity contribution in [1.29, 1.82) is 0 Å². The topological polar surface area (TPSA) is 41.6 Å². The Bertz CT molecular complexity index is 1530. The fourth-order valence-electron chi connectivity index (χ4n) is 5.67. The Balaban J connectivity index is 1.56. The van der Waals surface area contributed by atoms with E-state index in [4.69, 9.17) is 16.3 Å². The van der Waals surface area contributed by atoms with Crippen molar-refractivity contribution in [2.24, 2.45) is 0 Å². The van der Waals surface area contributed by atoms with Crippen LogP contribution in [0.15, 0.2) is 59.5 Å². The molecule has 1 aliphatic carbocycles. The monoisotopic (exact) mass is 596 g/mol. The first-order chi connectivity index (χ1) is 19.3. The van der Waals surface area contributed by atoms with Crippen molar-refractivity contribution in [1.82, 2.24) is 10.2 Å². The molecule has 4 nitrogen and oxygen atoms in total. The number of methoxy groups -OCH3 is 1. The zero-order valence-electron chi connectivity index (χ0n) is 23.2. The molecule has 0 saturated heterocycles. The Morgan fingerprint density at radius 2 is 1.88 bits per heavy atom. The minimum atomic E-state index is -0.352. The normalized spacial score (nSPS) is 17.2. The summed E-state index contributed by atoms with van der Waals surface area (Å²) in [6.45, 7) is 2.27. The predicted molar refractivity (Wildman–Crippen MR) is 167 cm³/mol. The van der Waals surface area contributed by atoms with Crippen LogP contribution in [0.1, 0.15) is 46.5 Å². The van der Waals surface area contributed by atoms with Gasteiger partial charge in [0.2, 0.25) is 0 Å². The Morgan fingerprint density at radius 1 is 1.12 bits per heavy atom. The van der Waals surface area contributed by atoms with Crippen LogP contribution in [-0.2, 0) is 6.54 Å². The van der Waals surface area contributed by atoms with Crippen LogP contribution >= 0.6 is 34.7 Å². The molecule has 0 bridgehead atoms. The standard InChI is InChI=1S/C32H34ClFN2O2S2/c1-19-8-14-26(34)30-28(19)29(33)31(40-30)32(37)36(24-12-10-23(35-2)11-13-24)18-22-16-21(9-15-27(22)38-3)20-6-5-7-25(17-20)39-4/h5-9,14-17,23-24,35H,10-13,18H2,1-4H3. The smallest absolute Gasteiger partial charge is 0.266 e. The van der Waals surface area contributed by atoms with Crippen molar-refractivity contribution < 1.29 is 13.9 Å². The molecule has 0 aliphatic heterocycles. The molecule has 40 heavy (non-hydrogen) atoms. The maximum Gasteiger partial charge on any atom is 0.266 e. The van der Waals surface area contributed by atoms with E-state index in [9.17, 15) is 9.18 Å². The Morgan fingerprint density at radius 3 is 2.55 bits per heavy atom. The van der Waals surface area contributed by atoms with Crippen LogP contribution < -0.4 is 10.1 Å². The number of ether oxygens (including phenoxy) is 1. The molecule has 0 atom stereocenters.